The molecule has 0 amide bonds. The third-order valence-electron chi connectivity index (χ3n) is 3.81. The van der Waals surface area contributed by atoms with Crippen molar-refractivity contribution < 1.29 is 9.90 Å². The molecular weight excluding hydrogens is 420 g/mol. The van der Waals surface area contributed by atoms with Gasteiger partial charge in [-0.15, -0.1) is 10.2 Å². The summed E-state index contributed by atoms with van der Waals surface area (Å²) in [6.07, 6.45) is 2.76. The van der Waals surface area contributed by atoms with Gasteiger partial charge in [0.25, 0.3) is 0 Å². The molecule has 1 N–H and O–H groups in total. The minimum Gasteiger partial charge on any atom is -0.375 e. The number of nitrogens with zero attached hydrogens (tertiary/aromatic N) is 3. The van der Waals surface area contributed by atoms with E-state index in [0.29, 0.717) is 10.0 Å². The van der Waals surface area contributed by atoms with Crippen molar-refractivity contribution in [2.24, 2.45) is 0 Å². The largest absolute Gasteiger partial charge is 0.375 e. The maximum Gasteiger partial charge on any atom is 0.202 e. The molecule has 0 spiro atoms. The summed E-state index contributed by atoms with van der Waals surface area (Å²) in [5.74, 6) is -0.642. The van der Waals surface area contributed by atoms with Gasteiger partial charge in [0.1, 0.15) is 12.7 Å². The summed E-state index contributed by atoms with van der Waals surface area (Å²) in [7, 11) is 0. The van der Waals surface area contributed by atoms with Crippen LogP contribution in [0.25, 0.3) is 0 Å². The van der Waals surface area contributed by atoms with E-state index in [1.807, 2.05) is 0 Å². The van der Waals surface area contributed by atoms with Crippen molar-refractivity contribution >= 4 is 52.2 Å². The van der Waals surface area contributed by atoms with Crippen LogP contribution in [0, 0.1) is 0 Å². The molecule has 0 aliphatic rings. The average Bonchev–Trinajstić information content (AvgIpc) is 3.06. The lowest BCUT2D eigenvalue weighted by Crippen LogP contribution is -2.40. The molecule has 2 aromatic carbocycles. The van der Waals surface area contributed by atoms with E-state index in [0.717, 1.165) is 0 Å². The third kappa shape index (κ3) is 3.72. The first-order chi connectivity index (χ1) is 12.3. The van der Waals surface area contributed by atoms with E-state index < -0.39 is 11.4 Å². The van der Waals surface area contributed by atoms with E-state index in [4.69, 9.17) is 46.4 Å². The Morgan fingerprint density at radius 3 is 2.12 bits per heavy atom. The number of hydrogen-bond acceptors (Lipinski definition) is 4. The SMILES string of the molecule is O=C(c1ccc(Cl)cc1Cl)C(O)(Cn1cnnc1)c1ccc(Cl)cc1Cl. The average molecular weight is 431 g/mol. The molecule has 134 valence electrons. The normalized spacial score (nSPS) is 13.4. The monoisotopic (exact) mass is 429 g/mol. The van der Waals surface area contributed by atoms with Gasteiger partial charge >= 0.3 is 0 Å². The molecule has 3 rings (SSSR count). The lowest BCUT2D eigenvalue weighted by atomic mass is 9.85. The molecule has 0 fully saturated rings. The number of rotatable bonds is 5. The van der Waals surface area contributed by atoms with Gasteiger partial charge in [0, 0.05) is 26.2 Å². The molecule has 0 aliphatic carbocycles. The van der Waals surface area contributed by atoms with Gasteiger partial charge in [0.05, 0.1) is 11.6 Å². The van der Waals surface area contributed by atoms with E-state index in [1.54, 1.807) is 0 Å². The van der Waals surface area contributed by atoms with Crippen LogP contribution in [-0.4, -0.2) is 25.7 Å². The highest BCUT2D eigenvalue weighted by molar-refractivity contribution is 6.37. The third-order valence-corrected chi connectivity index (χ3v) is 4.90. The van der Waals surface area contributed by atoms with Crippen molar-refractivity contribution in [2.75, 3.05) is 0 Å². The van der Waals surface area contributed by atoms with Gasteiger partial charge < -0.3 is 9.67 Å². The second-order valence-electron chi connectivity index (χ2n) is 5.57. The van der Waals surface area contributed by atoms with Gasteiger partial charge in [-0.25, -0.2) is 0 Å². The van der Waals surface area contributed by atoms with E-state index in [2.05, 4.69) is 10.2 Å². The van der Waals surface area contributed by atoms with Crippen LogP contribution in [0.4, 0.5) is 0 Å². The van der Waals surface area contributed by atoms with Crippen LogP contribution in [0.3, 0.4) is 0 Å². The standard InChI is InChI=1S/C17H11Cl4N3O2/c18-10-1-3-12(14(20)5-10)16(25)17(26,7-24-8-22-23-9-24)13-4-2-11(19)6-15(13)21/h1-6,8-9,26H,7H2. The lowest BCUT2D eigenvalue weighted by molar-refractivity contribution is 0.0202. The number of benzene rings is 2. The minimum atomic E-state index is -2.03. The first-order valence-electron chi connectivity index (χ1n) is 7.31. The van der Waals surface area contributed by atoms with Crippen molar-refractivity contribution in [3.8, 4) is 0 Å². The number of carbonyl (C=O) groups is 1. The Hall–Kier alpha value is -1.63. The zero-order valence-corrected chi connectivity index (χ0v) is 16.1. The molecule has 0 radical (unpaired) electrons. The molecule has 1 heterocycles. The summed E-state index contributed by atoms with van der Waals surface area (Å²) < 4.78 is 1.46. The highest BCUT2D eigenvalue weighted by Gasteiger charge is 2.41. The Morgan fingerprint density at radius 1 is 0.962 bits per heavy atom. The van der Waals surface area contributed by atoms with Crippen LogP contribution in [0.2, 0.25) is 20.1 Å². The van der Waals surface area contributed by atoms with E-state index in [1.165, 1.54) is 53.6 Å². The summed E-state index contributed by atoms with van der Waals surface area (Å²) in [5, 5.41) is 19.8. The van der Waals surface area contributed by atoms with Crippen molar-refractivity contribution in [1.29, 1.82) is 0 Å². The molecule has 3 aromatic rings. The molecular formula is C17H11Cl4N3O2. The zero-order chi connectivity index (χ0) is 18.9. The van der Waals surface area contributed by atoms with Crippen LogP contribution in [0.15, 0.2) is 49.1 Å². The first kappa shape index (κ1) is 19.1. The topological polar surface area (TPSA) is 68.0 Å². The lowest BCUT2D eigenvalue weighted by Gasteiger charge is -2.29. The maximum absolute atomic E-state index is 13.2. The predicted molar refractivity (Wildman–Crippen MR) is 101 cm³/mol. The number of carbonyl (C=O) groups excluding carboxylic acids is 1. The molecule has 5 nitrogen and oxygen atoms in total. The summed E-state index contributed by atoms with van der Waals surface area (Å²) >= 11 is 24.3. The van der Waals surface area contributed by atoms with Crippen LogP contribution in [0.5, 0.6) is 0 Å². The van der Waals surface area contributed by atoms with Crippen LogP contribution in [0.1, 0.15) is 15.9 Å². The summed E-state index contributed by atoms with van der Waals surface area (Å²) in [6.45, 7) is -0.168. The van der Waals surface area contributed by atoms with Crippen molar-refractivity contribution in [2.45, 2.75) is 12.1 Å². The van der Waals surface area contributed by atoms with E-state index >= 15 is 0 Å². The first-order valence-corrected chi connectivity index (χ1v) is 8.82. The summed E-state index contributed by atoms with van der Waals surface area (Å²) in [6, 6.07) is 8.88. The van der Waals surface area contributed by atoms with Crippen molar-refractivity contribution in [1.82, 2.24) is 14.8 Å². The summed E-state index contributed by atoms with van der Waals surface area (Å²) in [4.78, 5) is 13.2. The Morgan fingerprint density at radius 2 is 1.54 bits per heavy atom. The Balaban J connectivity index is 2.15. The highest BCUT2D eigenvalue weighted by atomic mass is 35.5. The molecule has 0 saturated carbocycles. The zero-order valence-electron chi connectivity index (χ0n) is 13.0. The fourth-order valence-corrected chi connectivity index (χ4v) is 3.63. The minimum absolute atomic E-state index is 0.109. The molecule has 1 aromatic heterocycles. The number of Topliss-reactive ketones (excluding diaryl/α,β-unsaturated/α-hetero) is 1. The second-order valence-corrected chi connectivity index (χ2v) is 7.26. The second kappa shape index (κ2) is 7.55. The number of halogens is 4. The fourth-order valence-electron chi connectivity index (χ4n) is 2.57. The quantitative estimate of drug-likeness (QED) is 0.597. The van der Waals surface area contributed by atoms with Crippen LogP contribution >= 0.6 is 46.4 Å². The van der Waals surface area contributed by atoms with Crippen molar-refractivity contribution in [3.63, 3.8) is 0 Å². The van der Waals surface area contributed by atoms with Crippen molar-refractivity contribution in [3.05, 3.63) is 80.3 Å². The van der Waals surface area contributed by atoms with Gasteiger partial charge in [0.2, 0.25) is 5.78 Å². The van der Waals surface area contributed by atoms with Gasteiger partial charge in [0.15, 0.2) is 5.60 Å². The number of aliphatic hydroxyl groups is 1. The van der Waals surface area contributed by atoms with E-state index in [9.17, 15) is 9.90 Å². The molecule has 0 bridgehead atoms. The Kier molecular flexibility index (Phi) is 5.55. The van der Waals surface area contributed by atoms with Gasteiger partial charge in [-0.05, 0) is 30.3 Å². The molecule has 1 atom stereocenters. The molecule has 1 unspecified atom stereocenters. The maximum atomic E-state index is 13.2. The number of ketones is 1. The van der Waals surface area contributed by atoms with Gasteiger partial charge in [-0.1, -0.05) is 52.5 Å². The fraction of sp³-hybridized carbons (Fsp3) is 0.118. The smallest absolute Gasteiger partial charge is 0.202 e. The Bertz CT molecular complexity index is 963. The number of hydrogen-bond donors (Lipinski definition) is 1. The van der Waals surface area contributed by atoms with Crippen LogP contribution < -0.4 is 0 Å². The predicted octanol–water partition coefficient (Wildman–Crippen LogP) is 4.66. The molecule has 0 aliphatic heterocycles. The highest BCUT2D eigenvalue weighted by Crippen LogP contribution is 2.36. The van der Waals surface area contributed by atoms with Gasteiger partial charge in [-0.2, -0.15) is 0 Å². The number of aromatic nitrogens is 3. The Labute approximate surface area is 169 Å². The molecule has 26 heavy (non-hydrogen) atoms. The summed E-state index contributed by atoms with van der Waals surface area (Å²) in [5.41, 5.74) is -1.73. The molecule has 9 heteroatoms. The van der Waals surface area contributed by atoms with Crippen LogP contribution in [-0.2, 0) is 12.1 Å². The van der Waals surface area contributed by atoms with E-state index in [-0.39, 0.29) is 27.7 Å². The van der Waals surface area contributed by atoms with Gasteiger partial charge in [-0.3, -0.25) is 4.79 Å². The molecule has 0 saturated heterocycles.